The number of benzene rings is 1. The lowest BCUT2D eigenvalue weighted by Gasteiger charge is -2.34. The van der Waals surface area contributed by atoms with E-state index in [1.807, 2.05) is 0 Å². The average molecular weight is 416 g/mol. The number of amides is 3. The van der Waals surface area contributed by atoms with Gasteiger partial charge < -0.3 is 14.4 Å². The summed E-state index contributed by atoms with van der Waals surface area (Å²) in [5.41, 5.74) is 0.452. The second kappa shape index (κ2) is 9.06. The van der Waals surface area contributed by atoms with E-state index in [9.17, 15) is 24.0 Å². The number of imide groups is 1. The summed E-state index contributed by atoms with van der Waals surface area (Å²) in [4.78, 5) is 64.3. The molecule has 0 bridgehead atoms. The molecule has 1 fully saturated rings. The third-order valence-corrected chi connectivity index (χ3v) is 5.27. The van der Waals surface area contributed by atoms with E-state index < -0.39 is 48.4 Å². The minimum Gasteiger partial charge on any atom is -0.464 e. The fourth-order valence-electron chi connectivity index (χ4n) is 3.71. The summed E-state index contributed by atoms with van der Waals surface area (Å²) in [5, 5.41) is 0. The smallest absolute Gasteiger partial charge is 0.329 e. The molecule has 9 heteroatoms. The zero-order valence-electron chi connectivity index (χ0n) is 17.0. The van der Waals surface area contributed by atoms with E-state index in [-0.39, 0.29) is 17.7 Å². The maximum atomic E-state index is 12.6. The minimum atomic E-state index is -1.19. The van der Waals surface area contributed by atoms with Crippen LogP contribution in [0.25, 0.3) is 0 Å². The van der Waals surface area contributed by atoms with E-state index in [0.717, 1.165) is 17.7 Å². The molecular weight excluding hydrogens is 392 g/mol. The quantitative estimate of drug-likeness (QED) is 0.505. The van der Waals surface area contributed by atoms with E-state index in [1.165, 1.54) is 24.0 Å². The number of esters is 2. The van der Waals surface area contributed by atoms with Gasteiger partial charge in [-0.2, -0.15) is 0 Å². The highest BCUT2D eigenvalue weighted by Crippen LogP contribution is 2.25. The fourth-order valence-corrected chi connectivity index (χ4v) is 3.71. The van der Waals surface area contributed by atoms with Gasteiger partial charge in [-0.1, -0.05) is 12.1 Å². The van der Waals surface area contributed by atoms with Crippen LogP contribution in [-0.4, -0.2) is 71.3 Å². The number of carbonyl (C=O) groups excluding carboxylic acids is 5. The highest BCUT2D eigenvalue weighted by atomic mass is 16.5. The number of fused-ring (bicyclic) bond motifs is 1. The van der Waals surface area contributed by atoms with Gasteiger partial charge in [-0.05, 0) is 45.2 Å². The molecule has 1 aromatic carbocycles. The monoisotopic (exact) mass is 416 g/mol. The van der Waals surface area contributed by atoms with Gasteiger partial charge in [0.2, 0.25) is 0 Å². The maximum Gasteiger partial charge on any atom is 0.329 e. The van der Waals surface area contributed by atoms with Gasteiger partial charge in [0, 0.05) is 6.54 Å². The SMILES string of the molecule is CCOC(=O)[C@H]1CCCCN1C(=O)COC(=O)[C@H](C)N1C(=O)c2ccccc2C1=O. The summed E-state index contributed by atoms with van der Waals surface area (Å²) in [6.45, 7) is 3.06. The van der Waals surface area contributed by atoms with Gasteiger partial charge in [-0.15, -0.1) is 0 Å². The van der Waals surface area contributed by atoms with Crippen molar-refractivity contribution < 1.29 is 33.4 Å². The van der Waals surface area contributed by atoms with Crippen LogP contribution in [0, 0.1) is 0 Å². The molecule has 3 amide bonds. The molecule has 30 heavy (non-hydrogen) atoms. The second-order valence-corrected chi connectivity index (χ2v) is 7.16. The molecule has 0 radical (unpaired) electrons. The van der Waals surface area contributed by atoms with Gasteiger partial charge in [0.15, 0.2) is 6.61 Å². The zero-order chi connectivity index (χ0) is 21.8. The van der Waals surface area contributed by atoms with Gasteiger partial charge in [0.25, 0.3) is 17.7 Å². The summed E-state index contributed by atoms with van der Waals surface area (Å²) < 4.78 is 10.1. The van der Waals surface area contributed by atoms with E-state index in [2.05, 4.69) is 0 Å². The van der Waals surface area contributed by atoms with Crippen LogP contribution >= 0.6 is 0 Å². The number of rotatable bonds is 6. The minimum absolute atomic E-state index is 0.212. The molecule has 1 aromatic rings. The summed E-state index contributed by atoms with van der Waals surface area (Å²) >= 11 is 0. The highest BCUT2D eigenvalue weighted by molar-refractivity contribution is 6.22. The van der Waals surface area contributed by atoms with E-state index in [4.69, 9.17) is 9.47 Å². The van der Waals surface area contributed by atoms with Crippen molar-refractivity contribution in [2.24, 2.45) is 0 Å². The second-order valence-electron chi connectivity index (χ2n) is 7.16. The molecule has 160 valence electrons. The predicted octanol–water partition coefficient (Wildman–Crippen LogP) is 1.16. The Morgan fingerprint density at radius 1 is 1.07 bits per heavy atom. The normalized spacial score (nSPS) is 19.3. The van der Waals surface area contributed by atoms with Crippen LogP contribution in [0.1, 0.15) is 53.8 Å². The Bertz CT molecular complexity index is 847. The van der Waals surface area contributed by atoms with Gasteiger partial charge in [0.1, 0.15) is 12.1 Å². The third kappa shape index (κ3) is 4.05. The van der Waals surface area contributed by atoms with E-state index in [0.29, 0.717) is 13.0 Å². The summed E-state index contributed by atoms with van der Waals surface area (Å²) in [7, 11) is 0. The van der Waals surface area contributed by atoms with Crippen LogP contribution in [0.3, 0.4) is 0 Å². The first-order chi connectivity index (χ1) is 14.4. The van der Waals surface area contributed by atoms with Crippen molar-refractivity contribution in [1.82, 2.24) is 9.80 Å². The fraction of sp³-hybridized carbons (Fsp3) is 0.476. The average Bonchev–Trinajstić information content (AvgIpc) is 3.01. The van der Waals surface area contributed by atoms with E-state index in [1.54, 1.807) is 19.1 Å². The molecule has 3 rings (SSSR count). The first kappa shape index (κ1) is 21.5. The number of hydrogen-bond donors (Lipinski definition) is 0. The lowest BCUT2D eigenvalue weighted by Crippen LogP contribution is -2.50. The number of piperidine rings is 1. The molecule has 2 atom stereocenters. The molecule has 9 nitrogen and oxygen atoms in total. The number of carbonyl (C=O) groups is 5. The third-order valence-electron chi connectivity index (χ3n) is 5.27. The maximum absolute atomic E-state index is 12.6. The van der Waals surface area contributed by atoms with Crippen molar-refractivity contribution >= 4 is 29.7 Å². The number of nitrogens with zero attached hydrogens (tertiary/aromatic N) is 2. The first-order valence-electron chi connectivity index (χ1n) is 9.96. The summed E-state index contributed by atoms with van der Waals surface area (Å²) in [5.74, 6) is -3.02. The molecule has 0 saturated carbocycles. The van der Waals surface area contributed by atoms with Crippen LogP contribution in [0.2, 0.25) is 0 Å². The molecule has 2 heterocycles. The van der Waals surface area contributed by atoms with Crippen LogP contribution in [-0.2, 0) is 23.9 Å². The van der Waals surface area contributed by atoms with Gasteiger partial charge in [-0.25, -0.2) is 9.59 Å². The number of ether oxygens (including phenoxy) is 2. The first-order valence-corrected chi connectivity index (χ1v) is 9.96. The lowest BCUT2D eigenvalue weighted by atomic mass is 10.0. The number of likely N-dealkylation sites (tertiary alicyclic amines) is 1. The Kier molecular flexibility index (Phi) is 6.49. The Morgan fingerprint density at radius 3 is 2.30 bits per heavy atom. The lowest BCUT2D eigenvalue weighted by molar-refractivity contribution is -0.162. The van der Waals surface area contributed by atoms with Crippen LogP contribution < -0.4 is 0 Å². The van der Waals surface area contributed by atoms with Crippen LogP contribution in [0.5, 0.6) is 0 Å². The summed E-state index contributed by atoms with van der Waals surface area (Å²) in [6.07, 6.45) is 2.02. The molecule has 1 saturated heterocycles. The molecule has 2 aliphatic heterocycles. The molecule has 0 aromatic heterocycles. The van der Waals surface area contributed by atoms with Crippen LogP contribution in [0.4, 0.5) is 0 Å². The van der Waals surface area contributed by atoms with Gasteiger partial charge in [0.05, 0.1) is 17.7 Å². The molecule has 0 spiro atoms. The Balaban J connectivity index is 1.61. The van der Waals surface area contributed by atoms with Gasteiger partial charge >= 0.3 is 11.9 Å². The van der Waals surface area contributed by atoms with Crippen molar-refractivity contribution in [3.8, 4) is 0 Å². The molecule has 2 aliphatic rings. The largest absolute Gasteiger partial charge is 0.464 e. The predicted molar refractivity (Wildman–Crippen MR) is 103 cm³/mol. The molecule has 0 unspecified atom stereocenters. The molecular formula is C21H24N2O7. The van der Waals surface area contributed by atoms with Crippen molar-refractivity contribution in [1.29, 1.82) is 0 Å². The highest BCUT2D eigenvalue weighted by Gasteiger charge is 2.41. The number of hydrogen-bond acceptors (Lipinski definition) is 7. The van der Waals surface area contributed by atoms with Gasteiger partial charge in [-0.3, -0.25) is 19.3 Å². The Hall–Kier alpha value is -3.23. The standard InChI is InChI=1S/C21H24N2O7/c1-3-29-21(28)16-10-6-7-11-22(16)17(24)12-30-20(27)13(2)23-18(25)14-8-4-5-9-15(14)19(23)26/h4-5,8-9,13,16H,3,6-7,10-12H2,1-2H3/t13-,16+/m0/s1. The Labute approximate surface area is 173 Å². The Morgan fingerprint density at radius 2 is 1.70 bits per heavy atom. The van der Waals surface area contributed by atoms with Crippen molar-refractivity contribution in [3.63, 3.8) is 0 Å². The zero-order valence-corrected chi connectivity index (χ0v) is 17.0. The van der Waals surface area contributed by atoms with Crippen LogP contribution in [0.15, 0.2) is 24.3 Å². The molecule has 0 aliphatic carbocycles. The van der Waals surface area contributed by atoms with E-state index >= 15 is 0 Å². The van der Waals surface area contributed by atoms with Crippen molar-refractivity contribution in [2.45, 2.75) is 45.2 Å². The topological polar surface area (TPSA) is 110 Å². The van der Waals surface area contributed by atoms with Crippen molar-refractivity contribution in [3.05, 3.63) is 35.4 Å². The summed E-state index contributed by atoms with van der Waals surface area (Å²) in [6, 6.07) is 4.42. The molecule has 0 N–H and O–H groups in total. The van der Waals surface area contributed by atoms with Crippen molar-refractivity contribution in [2.75, 3.05) is 19.8 Å².